The van der Waals surface area contributed by atoms with Crippen molar-refractivity contribution >= 4 is 32.6 Å². The van der Waals surface area contributed by atoms with Gasteiger partial charge in [-0.05, 0) is 38.0 Å². The number of hydrogen-bond donors (Lipinski definition) is 1. The highest BCUT2D eigenvalue weighted by Crippen LogP contribution is 2.38. The molecule has 0 unspecified atom stereocenters. The van der Waals surface area contributed by atoms with Crippen LogP contribution in [0, 0.1) is 5.82 Å². The molecular formula is C26H23FN2O4S. The van der Waals surface area contributed by atoms with E-state index in [1.807, 2.05) is 6.07 Å². The minimum absolute atomic E-state index is 0.0425. The molecule has 0 spiro atoms. The van der Waals surface area contributed by atoms with E-state index >= 15 is 0 Å². The van der Waals surface area contributed by atoms with Gasteiger partial charge in [0.2, 0.25) is 0 Å². The Kier molecular flexibility index (Phi) is 5.20. The molecule has 0 saturated carbocycles. The third-order valence-corrected chi connectivity index (χ3v) is 7.66. The smallest absolute Gasteiger partial charge is 0.300 e. The molecule has 1 aliphatic rings. The van der Waals surface area contributed by atoms with E-state index in [1.54, 1.807) is 48.5 Å². The summed E-state index contributed by atoms with van der Waals surface area (Å²) in [6.45, 7) is 4.93. The summed E-state index contributed by atoms with van der Waals surface area (Å²) >= 11 is 0. The first-order chi connectivity index (χ1) is 16.2. The number of benzene rings is 3. The third kappa shape index (κ3) is 3.84. The molecule has 34 heavy (non-hydrogen) atoms. The monoisotopic (exact) mass is 478 g/mol. The molecular weight excluding hydrogens is 455 g/mol. The van der Waals surface area contributed by atoms with Gasteiger partial charge in [0.05, 0.1) is 10.3 Å². The van der Waals surface area contributed by atoms with Crippen LogP contribution in [0.3, 0.4) is 0 Å². The molecule has 2 heterocycles. The molecule has 0 atom stereocenters. The topological polar surface area (TPSA) is 79.6 Å². The molecule has 1 aromatic heterocycles. The lowest BCUT2D eigenvalue weighted by atomic mass is 9.88. The molecule has 4 aromatic rings. The highest BCUT2D eigenvalue weighted by molar-refractivity contribution is 7.90. The van der Waals surface area contributed by atoms with Gasteiger partial charge in [-0.2, -0.15) is 0 Å². The Hall–Kier alpha value is -3.65. The molecule has 174 valence electrons. The molecule has 0 aliphatic carbocycles. The fourth-order valence-corrected chi connectivity index (χ4v) is 5.47. The van der Waals surface area contributed by atoms with Gasteiger partial charge >= 0.3 is 5.91 Å². The second kappa shape index (κ2) is 7.99. The average molecular weight is 479 g/mol. The quantitative estimate of drug-likeness (QED) is 0.419. The van der Waals surface area contributed by atoms with Crippen molar-refractivity contribution in [2.75, 3.05) is 11.4 Å². The summed E-state index contributed by atoms with van der Waals surface area (Å²) in [5.41, 5.74) is 1.91. The predicted octanol–water partition coefficient (Wildman–Crippen LogP) is 5.35. The van der Waals surface area contributed by atoms with Gasteiger partial charge in [0.1, 0.15) is 11.4 Å². The second-order valence-electron chi connectivity index (χ2n) is 8.96. The van der Waals surface area contributed by atoms with Crippen molar-refractivity contribution < 1.29 is 22.0 Å². The zero-order valence-electron chi connectivity index (χ0n) is 18.7. The van der Waals surface area contributed by atoms with Gasteiger partial charge in [-0.3, -0.25) is 4.79 Å². The van der Waals surface area contributed by atoms with Crippen LogP contribution in [-0.4, -0.2) is 26.4 Å². The molecule has 1 N–H and O–H groups in total. The second-order valence-corrected chi connectivity index (χ2v) is 10.6. The standard InChI is InChI=1S/C26H23FN2O4S/c1-26(2)12-13-29(26)18-14-21(27)20-16-23(33-22(20)15-18)25(30)28-34(31,32)24-11-7-6-10-19(24)17-8-4-3-5-9-17/h3-11,14-16H,12-13H2,1-2H3,(H,28,30). The minimum atomic E-state index is -4.23. The third-order valence-electron chi connectivity index (χ3n) is 6.27. The summed E-state index contributed by atoms with van der Waals surface area (Å²) < 4.78 is 48.7. The van der Waals surface area contributed by atoms with E-state index in [0.29, 0.717) is 16.8 Å². The zero-order chi connectivity index (χ0) is 24.1. The van der Waals surface area contributed by atoms with Gasteiger partial charge in [-0.1, -0.05) is 48.5 Å². The Morgan fingerprint density at radius 2 is 1.74 bits per heavy atom. The van der Waals surface area contributed by atoms with Crippen molar-refractivity contribution in [1.82, 2.24) is 4.72 Å². The van der Waals surface area contributed by atoms with Crippen LogP contribution in [0.2, 0.25) is 0 Å². The molecule has 0 radical (unpaired) electrons. The lowest BCUT2D eigenvalue weighted by Crippen LogP contribution is -2.56. The number of nitrogens with one attached hydrogen (secondary N) is 1. The summed E-state index contributed by atoms with van der Waals surface area (Å²) in [6, 6.07) is 19.7. The molecule has 1 amide bonds. The Bertz CT molecular complexity index is 1510. The number of amides is 1. The molecule has 6 nitrogen and oxygen atoms in total. The Balaban J connectivity index is 1.46. The highest BCUT2D eigenvalue weighted by atomic mass is 32.2. The molecule has 8 heteroatoms. The number of nitrogens with zero attached hydrogens (tertiary/aromatic N) is 1. The van der Waals surface area contributed by atoms with Crippen LogP contribution in [0.5, 0.6) is 0 Å². The van der Waals surface area contributed by atoms with E-state index < -0.39 is 21.7 Å². The largest absolute Gasteiger partial charge is 0.451 e. The van der Waals surface area contributed by atoms with Crippen LogP contribution in [-0.2, 0) is 10.0 Å². The predicted molar refractivity (Wildman–Crippen MR) is 129 cm³/mol. The van der Waals surface area contributed by atoms with Crippen LogP contribution in [0.25, 0.3) is 22.1 Å². The Morgan fingerprint density at radius 3 is 2.41 bits per heavy atom. The molecule has 1 saturated heterocycles. The lowest BCUT2D eigenvalue weighted by molar-refractivity contribution is 0.0956. The molecule has 1 fully saturated rings. The average Bonchev–Trinajstić information content (AvgIpc) is 3.24. The van der Waals surface area contributed by atoms with E-state index in [1.165, 1.54) is 18.2 Å². The van der Waals surface area contributed by atoms with Gasteiger partial charge < -0.3 is 9.32 Å². The lowest BCUT2D eigenvalue weighted by Gasteiger charge is -2.50. The van der Waals surface area contributed by atoms with E-state index in [9.17, 15) is 17.6 Å². The Labute approximate surface area is 197 Å². The van der Waals surface area contributed by atoms with E-state index in [-0.39, 0.29) is 27.2 Å². The number of furan rings is 1. The summed E-state index contributed by atoms with van der Waals surface area (Å²) in [4.78, 5) is 14.9. The number of carbonyl (C=O) groups is 1. The maximum Gasteiger partial charge on any atom is 0.300 e. The van der Waals surface area contributed by atoms with Crippen molar-refractivity contribution in [2.45, 2.75) is 30.7 Å². The number of sulfonamides is 1. The number of halogens is 1. The van der Waals surface area contributed by atoms with Crippen molar-refractivity contribution in [3.05, 3.63) is 84.4 Å². The summed E-state index contributed by atoms with van der Waals surface area (Å²) in [6.07, 6.45) is 0.987. The van der Waals surface area contributed by atoms with E-state index in [4.69, 9.17) is 4.42 Å². The molecule has 0 bridgehead atoms. The maximum atomic E-state index is 14.8. The minimum Gasteiger partial charge on any atom is -0.451 e. The fourth-order valence-electron chi connectivity index (χ4n) is 4.28. The highest BCUT2D eigenvalue weighted by Gasteiger charge is 2.36. The number of fused-ring (bicyclic) bond motifs is 1. The van der Waals surface area contributed by atoms with Gasteiger partial charge in [0.25, 0.3) is 10.0 Å². The summed E-state index contributed by atoms with van der Waals surface area (Å²) in [5, 5.41) is 0.120. The van der Waals surface area contributed by atoms with Crippen LogP contribution in [0.4, 0.5) is 10.1 Å². The van der Waals surface area contributed by atoms with Gasteiger partial charge in [0.15, 0.2) is 5.76 Å². The van der Waals surface area contributed by atoms with Gasteiger partial charge in [0, 0.05) is 35.5 Å². The van der Waals surface area contributed by atoms with Crippen molar-refractivity contribution in [3.63, 3.8) is 0 Å². The first-order valence-corrected chi connectivity index (χ1v) is 12.4. The summed E-state index contributed by atoms with van der Waals surface area (Å²) in [7, 11) is -4.23. The number of anilines is 1. The number of rotatable bonds is 5. The number of carbonyl (C=O) groups excluding carboxylic acids is 1. The first-order valence-electron chi connectivity index (χ1n) is 10.9. The summed E-state index contributed by atoms with van der Waals surface area (Å²) in [5.74, 6) is -1.78. The zero-order valence-corrected chi connectivity index (χ0v) is 19.5. The van der Waals surface area contributed by atoms with E-state index in [2.05, 4.69) is 23.5 Å². The van der Waals surface area contributed by atoms with E-state index in [0.717, 1.165) is 13.0 Å². The van der Waals surface area contributed by atoms with Crippen LogP contribution < -0.4 is 9.62 Å². The van der Waals surface area contributed by atoms with Crippen LogP contribution >= 0.6 is 0 Å². The Morgan fingerprint density at radius 1 is 1.03 bits per heavy atom. The van der Waals surface area contributed by atoms with Crippen LogP contribution in [0.15, 0.2) is 82.1 Å². The van der Waals surface area contributed by atoms with Gasteiger partial charge in [-0.15, -0.1) is 0 Å². The maximum absolute atomic E-state index is 14.8. The van der Waals surface area contributed by atoms with Crippen LogP contribution in [0.1, 0.15) is 30.8 Å². The molecule has 1 aliphatic heterocycles. The fraction of sp³-hybridized carbons (Fsp3) is 0.192. The van der Waals surface area contributed by atoms with Gasteiger partial charge in [-0.25, -0.2) is 17.5 Å². The first kappa shape index (κ1) is 22.2. The molecule has 5 rings (SSSR count). The normalized spacial score (nSPS) is 15.2. The van der Waals surface area contributed by atoms with Crippen molar-refractivity contribution in [2.24, 2.45) is 0 Å². The van der Waals surface area contributed by atoms with Crippen molar-refractivity contribution in [3.8, 4) is 11.1 Å². The SMILES string of the molecule is CC1(C)CCN1c1cc(F)c2cc(C(=O)NS(=O)(=O)c3ccccc3-c3ccccc3)oc2c1. The molecule has 3 aromatic carbocycles. The number of hydrogen-bond acceptors (Lipinski definition) is 5. The van der Waals surface area contributed by atoms with Crippen molar-refractivity contribution in [1.29, 1.82) is 0 Å².